The van der Waals surface area contributed by atoms with Crippen LogP contribution in [0.5, 0.6) is 0 Å². The van der Waals surface area contributed by atoms with Crippen molar-refractivity contribution in [2.24, 2.45) is 10.9 Å². The van der Waals surface area contributed by atoms with Crippen LogP contribution in [0, 0.1) is 5.92 Å². The average molecular weight is 439 g/mol. The van der Waals surface area contributed by atoms with Crippen LogP contribution in [-0.2, 0) is 4.74 Å². The predicted molar refractivity (Wildman–Crippen MR) is 130 cm³/mol. The fraction of sp³-hybridized carbons (Fsp3) is 0.385. The maximum Gasteiger partial charge on any atom is 0.409 e. The van der Waals surface area contributed by atoms with Crippen LogP contribution in [-0.4, -0.2) is 36.4 Å². The summed E-state index contributed by atoms with van der Waals surface area (Å²) >= 11 is 6.36. The van der Waals surface area contributed by atoms with Gasteiger partial charge in [0.15, 0.2) is 0 Å². The van der Waals surface area contributed by atoms with E-state index in [1.54, 1.807) is 4.90 Å². The second-order valence-electron chi connectivity index (χ2n) is 7.87. The molecule has 1 aliphatic carbocycles. The molecule has 4 nitrogen and oxygen atoms in total. The van der Waals surface area contributed by atoms with Gasteiger partial charge in [0.25, 0.3) is 0 Å². The molecular weight excluding hydrogens is 408 g/mol. The number of piperidine rings is 1. The summed E-state index contributed by atoms with van der Waals surface area (Å²) in [6, 6.07) is 6.05. The van der Waals surface area contributed by atoms with Gasteiger partial charge < -0.3 is 9.64 Å². The Morgan fingerprint density at radius 1 is 1.32 bits per heavy atom. The van der Waals surface area contributed by atoms with Crippen LogP contribution in [0.15, 0.2) is 66.4 Å². The fourth-order valence-corrected chi connectivity index (χ4v) is 4.59. The number of allylic oxidation sites excluding steroid dienone is 5. The van der Waals surface area contributed by atoms with E-state index in [1.807, 2.05) is 37.4 Å². The lowest BCUT2D eigenvalue weighted by Gasteiger charge is -2.36. The number of ether oxygens (including phenoxy) is 1. The molecule has 0 aromatic heterocycles. The van der Waals surface area contributed by atoms with Crippen molar-refractivity contribution in [3.05, 3.63) is 77.5 Å². The summed E-state index contributed by atoms with van der Waals surface area (Å²) in [5, 5.41) is 0.694. The number of carbonyl (C=O) groups excluding carboxylic acids is 1. The van der Waals surface area contributed by atoms with Crippen LogP contribution in [0.25, 0.3) is 5.57 Å². The van der Waals surface area contributed by atoms with E-state index in [2.05, 4.69) is 32.2 Å². The van der Waals surface area contributed by atoms with E-state index in [0.29, 0.717) is 30.6 Å². The van der Waals surface area contributed by atoms with Crippen molar-refractivity contribution >= 4 is 29.0 Å². The standard InChI is InChI=1S/C26H31ClN2O2/c1-5-8-13-28-25-18(4)16-19(6-2)23-17-21(27)9-10-22(23)24(25)20-11-14-29(15-12-20)26(30)31-7-3/h6,8-10,13,16-17,20,24H,2,4-5,7,11-12,14-15H2,1,3H3/b13-8-,28-25?. The highest BCUT2D eigenvalue weighted by atomic mass is 35.5. The number of amides is 1. The first-order valence-corrected chi connectivity index (χ1v) is 11.4. The highest BCUT2D eigenvalue weighted by Gasteiger charge is 2.36. The quantitative estimate of drug-likeness (QED) is 0.507. The lowest BCUT2D eigenvalue weighted by atomic mass is 9.75. The Balaban J connectivity index is 2.03. The number of benzene rings is 1. The van der Waals surface area contributed by atoms with Gasteiger partial charge in [-0.05, 0) is 72.6 Å². The van der Waals surface area contributed by atoms with E-state index in [0.717, 1.165) is 41.7 Å². The molecule has 0 spiro atoms. The molecule has 1 atom stereocenters. The van der Waals surface area contributed by atoms with E-state index in [-0.39, 0.29) is 12.0 Å². The van der Waals surface area contributed by atoms with Crippen molar-refractivity contribution < 1.29 is 9.53 Å². The summed E-state index contributed by atoms with van der Waals surface area (Å²) in [4.78, 5) is 18.8. The number of aliphatic imine (C=N–C) groups is 1. The maximum atomic E-state index is 12.2. The highest BCUT2D eigenvalue weighted by Crippen LogP contribution is 2.42. The van der Waals surface area contributed by atoms with Crippen molar-refractivity contribution in [3.63, 3.8) is 0 Å². The smallest absolute Gasteiger partial charge is 0.409 e. The Hall–Kier alpha value is -2.59. The molecular formula is C26H31ClN2O2. The molecule has 1 fully saturated rings. The zero-order valence-corrected chi connectivity index (χ0v) is 19.2. The zero-order valence-electron chi connectivity index (χ0n) is 18.4. The fourth-order valence-electron chi connectivity index (χ4n) is 4.41. The normalized spacial score (nSPS) is 21.1. The maximum absolute atomic E-state index is 12.2. The lowest BCUT2D eigenvalue weighted by Crippen LogP contribution is -2.41. The Kier molecular flexibility index (Phi) is 7.91. The van der Waals surface area contributed by atoms with Crippen LogP contribution >= 0.6 is 11.6 Å². The molecule has 164 valence electrons. The minimum absolute atomic E-state index is 0.0688. The molecule has 3 rings (SSSR count). The van der Waals surface area contributed by atoms with E-state index in [9.17, 15) is 4.79 Å². The molecule has 0 bridgehead atoms. The van der Waals surface area contributed by atoms with Crippen LogP contribution in [0.2, 0.25) is 5.02 Å². The second kappa shape index (κ2) is 10.6. The molecule has 1 aliphatic heterocycles. The van der Waals surface area contributed by atoms with Crippen molar-refractivity contribution in [1.29, 1.82) is 0 Å². The third-order valence-electron chi connectivity index (χ3n) is 5.93. The highest BCUT2D eigenvalue weighted by molar-refractivity contribution is 6.30. The topological polar surface area (TPSA) is 41.9 Å². The SMILES string of the molecule is C=CC1=CC(=C)C(=N/C=C\CC)C(C2CCN(C(=O)OCC)CC2)c2ccc(Cl)cc21. The number of likely N-dealkylation sites (tertiary alicyclic amines) is 1. The van der Waals surface area contributed by atoms with Gasteiger partial charge in [-0.15, -0.1) is 0 Å². The zero-order chi connectivity index (χ0) is 22.4. The summed E-state index contributed by atoms with van der Waals surface area (Å²) < 4.78 is 5.19. The molecule has 1 aromatic rings. The van der Waals surface area contributed by atoms with Crippen molar-refractivity contribution in [3.8, 4) is 0 Å². The van der Waals surface area contributed by atoms with E-state index in [1.165, 1.54) is 5.56 Å². The van der Waals surface area contributed by atoms with Crippen molar-refractivity contribution in [2.45, 2.75) is 39.0 Å². The number of nitrogens with zero attached hydrogens (tertiary/aromatic N) is 2. The molecule has 0 radical (unpaired) electrons. The Bertz CT molecular complexity index is 937. The molecule has 31 heavy (non-hydrogen) atoms. The van der Waals surface area contributed by atoms with E-state index < -0.39 is 0 Å². The van der Waals surface area contributed by atoms with Gasteiger partial charge in [-0.25, -0.2) is 4.79 Å². The number of halogens is 1. The van der Waals surface area contributed by atoms with Gasteiger partial charge in [-0.2, -0.15) is 0 Å². The Morgan fingerprint density at radius 3 is 2.71 bits per heavy atom. The average Bonchev–Trinajstić information content (AvgIpc) is 2.88. The summed E-state index contributed by atoms with van der Waals surface area (Å²) in [5.74, 6) is 0.396. The number of rotatable bonds is 5. The monoisotopic (exact) mass is 438 g/mol. The summed E-state index contributed by atoms with van der Waals surface area (Å²) in [6.45, 7) is 14.0. The van der Waals surface area contributed by atoms with E-state index >= 15 is 0 Å². The molecule has 1 saturated heterocycles. The lowest BCUT2D eigenvalue weighted by molar-refractivity contribution is 0.0909. The molecule has 1 unspecified atom stereocenters. The van der Waals surface area contributed by atoms with Crippen LogP contribution in [0.3, 0.4) is 0 Å². The molecule has 0 saturated carbocycles. The summed E-state index contributed by atoms with van der Waals surface area (Å²) in [5.41, 5.74) is 5.13. The molecule has 0 N–H and O–H groups in total. The summed E-state index contributed by atoms with van der Waals surface area (Å²) in [7, 11) is 0. The molecule has 1 aromatic carbocycles. The minimum Gasteiger partial charge on any atom is -0.450 e. The van der Waals surface area contributed by atoms with Gasteiger partial charge in [-0.1, -0.05) is 49.9 Å². The van der Waals surface area contributed by atoms with Gasteiger partial charge >= 0.3 is 6.09 Å². The van der Waals surface area contributed by atoms with Crippen LogP contribution in [0.4, 0.5) is 4.79 Å². The first-order valence-electron chi connectivity index (χ1n) is 11.0. The Labute approximate surface area is 190 Å². The van der Waals surface area contributed by atoms with Gasteiger partial charge in [0, 0.05) is 30.2 Å². The van der Waals surface area contributed by atoms with Gasteiger partial charge in [0.2, 0.25) is 0 Å². The first kappa shape index (κ1) is 23.1. The molecule has 2 aliphatic rings. The third-order valence-corrected chi connectivity index (χ3v) is 6.16. The minimum atomic E-state index is -0.228. The predicted octanol–water partition coefficient (Wildman–Crippen LogP) is 6.80. The van der Waals surface area contributed by atoms with Gasteiger partial charge in [-0.3, -0.25) is 4.99 Å². The van der Waals surface area contributed by atoms with Crippen molar-refractivity contribution in [2.75, 3.05) is 19.7 Å². The molecule has 5 heteroatoms. The van der Waals surface area contributed by atoms with Gasteiger partial charge in [0.1, 0.15) is 0 Å². The number of fused-ring (bicyclic) bond motifs is 1. The molecule has 1 amide bonds. The second-order valence-corrected chi connectivity index (χ2v) is 8.31. The largest absolute Gasteiger partial charge is 0.450 e. The third kappa shape index (κ3) is 5.19. The van der Waals surface area contributed by atoms with Crippen LogP contribution in [0.1, 0.15) is 50.2 Å². The summed E-state index contributed by atoms with van der Waals surface area (Å²) in [6.07, 6.45) is 10.3. The molecule has 1 heterocycles. The van der Waals surface area contributed by atoms with Crippen molar-refractivity contribution in [1.82, 2.24) is 4.90 Å². The number of hydrogen-bond donors (Lipinski definition) is 0. The first-order chi connectivity index (χ1) is 15.0. The van der Waals surface area contributed by atoms with Gasteiger partial charge in [0.05, 0.1) is 12.3 Å². The Morgan fingerprint density at radius 2 is 2.06 bits per heavy atom. The van der Waals surface area contributed by atoms with E-state index in [4.69, 9.17) is 21.3 Å². The van der Waals surface area contributed by atoms with Crippen LogP contribution < -0.4 is 0 Å². The number of hydrogen-bond acceptors (Lipinski definition) is 3. The number of carbonyl (C=O) groups is 1.